The van der Waals surface area contributed by atoms with Crippen LogP contribution in [0.4, 0.5) is 5.69 Å². The minimum Gasteiger partial charge on any atom is -0.496 e. The van der Waals surface area contributed by atoms with Crippen molar-refractivity contribution in [2.24, 2.45) is 0 Å². The Morgan fingerprint density at radius 3 is 2.20 bits per heavy atom. The largest absolute Gasteiger partial charge is 0.496 e. The summed E-state index contributed by atoms with van der Waals surface area (Å²) in [4.78, 5) is 29.0. The van der Waals surface area contributed by atoms with Gasteiger partial charge in [0.05, 0.1) is 18.9 Å². The third-order valence-corrected chi connectivity index (χ3v) is 6.29. The Balaban J connectivity index is 1.93. The van der Waals surface area contributed by atoms with E-state index in [1.54, 1.807) is 19.2 Å². The molecule has 0 bridgehead atoms. The van der Waals surface area contributed by atoms with Crippen LogP contribution >= 0.6 is 0 Å². The van der Waals surface area contributed by atoms with E-state index in [1.807, 2.05) is 36.4 Å². The second-order valence-electron chi connectivity index (χ2n) is 9.49. The topological polar surface area (TPSA) is 121 Å². The van der Waals surface area contributed by atoms with Gasteiger partial charge in [0.1, 0.15) is 5.75 Å². The maximum atomic E-state index is 12.6. The van der Waals surface area contributed by atoms with E-state index < -0.39 is 21.3 Å². The van der Waals surface area contributed by atoms with E-state index in [-0.39, 0.29) is 5.41 Å². The fourth-order valence-corrected chi connectivity index (χ4v) is 4.64. The zero-order valence-electron chi connectivity index (χ0n) is 20.1. The van der Waals surface area contributed by atoms with Gasteiger partial charge in [-0.15, -0.1) is 0 Å². The lowest BCUT2D eigenvalue weighted by Crippen LogP contribution is -2.23. The molecule has 9 heteroatoms. The van der Waals surface area contributed by atoms with Crippen molar-refractivity contribution in [3.05, 3.63) is 81.1 Å². The van der Waals surface area contributed by atoms with Crippen molar-refractivity contribution in [3.63, 3.8) is 0 Å². The average Bonchev–Trinajstić information content (AvgIpc) is 2.76. The second kappa shape index (κ2) is 8.74. The van der Waals surface area contributed by atoms with Crippen LogP contribution < -0.4 is 20.7 Å². The van der Waals surface area contributed by atoms with Gasteiger partial charge >= 0.3 is 5.69 Å². The van der Waals surface area contributed by atoms with Crippen LogP contribution in [0, 0.1) is 0 Å². The molecule has 0 unspecified atom stereocenters. The van der Waals surface area contributed by atoms with Crippen molar-refractivity contribution >= 4 is 26.5 Å². The number of rotatable bonds is 5. The van der Waals surface area contributed by atoms with Crippen molar-refractivity contribution in [2.75, 3.05) is 18.1 Å². The van der Waals surface area contributed by atoms with E-state index in [0.717, 1.165) is 33.7 Å². The van der Waals surface area contributed by atoms with Gasteiger partial charge in [-0.05, 0) is 57.6 Å². The van der Waals surface area contributed by atoms with Gasteiger partial charge < -0.3 is 9.72 Å². The summed E-state index contributed by atoms with van der Waals surface area (Å²) >= 11 is 0. The SMILES string of the molecule is COc1c(-c2c[nH]c(=O)[nH]c2=O)cc(-c2ccc3cc(NS(C)(=O)=O)ccc3c2)cc1C(C)(C)C. The van der Waals surface area contributed by atoms with Crippen molar-refractivity contribution in [3.8, 4) is 28.0 Å². The molecule has 0 aliphatic rings. The van der Waals surface area contributed by atoms with E-state index in [0.29, 0.717) is 22.6 Å². The molecule has 1 heterocycles. The first-order valence-corrected chi connectivity index (χ1v) is 12.8. The summed E-state index contributed by atoms with van der Waals surface area (Å²) in [6.07, 6.45) is 2.51. The van der Waals surface area contributed by atoms with Gasteiger partial charge in [-0.25, -0.2) is 13.2 Å². The lowest BCUT2D eigenvalue weighted by Gasteiger charge is -2.25. The summed E-state index contributed by atoms with van der Waals surface area (Å²) < 4.78 is 31.4. The monoisotopic (exact) mass is 493 g/mol. The molecular weight excluding hydrogens is 466 g/mol. The summed E-state index contributed by atoms with van der Waals surface area (Å²) in [6, 6.07) is 15.1. The highest BCUT2D eigenvalue weighted by Crippen LogP contribution is 2.42. The highest BCUT2D eigenvalue weighted by molar-refractivity contribution is 7.92. The van der Waals surface area contributed by atoms with Crippen molar-refractivity contribution in [1.82, 2.24) is 9.97 Å². The molecule has 0 saturated heterocycles. The maximum absolute atomic E-state index is 12.6. The van der Waals surface area contributed by atoms with E-state index in [1.165, 1.54) is 6.20 Å². The third kappa shape index (κ3) is 5.14. The Morgan fingerprint density at radius 1 is 0.886 bits per heavy atom. The molecule has 3 aromatic carbocycles. The first-order valence-electron chi connectivity index (χ1n) is 10.9. The quantitative estimate of drug-likeness (QED) is 0.384. The number of aromatic nitrogens is 2. The molecule has 4 aromatic rings. The number of benzene rings is 3. The summed E-state index contributed by atoms with van der Waals surface area (Å²) in [7, 11) is -1.81. The molecule has 0 atom stereocenters. The molecule has 3 N–H and O–H groups in total. The van der Waals surface area contributed by atoms with Crippen molar-refractivity contribution < 1.29 is 13.2 Å². The number of ether oxygens (including phenoxy) is 1. The van der Waals surface area contributed by atoms with Crippen LogP contribution in [0.3, 0.4) is 0 Å². The number of hydrogen-bond donors (Lipinski definition) is 3. The summed E-state index contributed by atoms with van der Waals surface area (Å²) in [6.45, 7) is 6.19. The normalized spacial score (nSPS) is 12.0. The number of hydrogen-bond acceptors (Lipinski definition) is 5. The zero-order chi connectivity index (χ0) is 25.5. The highest BCUT2D eigenvalue weighted by Gasteiger charge is 2.24. The molecule has 4 rings (SSSR count). The average molecular weight is 494 g/mol. The maximum Gasteiger partial charge on any atom is 0.325 e. The smallest absolute Gasteiger partial charge is 0.325 e. The Bertz CT molecular complexity index is 1660. The molecule has 8 nitrogen and oxygen atoms in total. The van der Waals surface area contributed by atoms with E-state index >= 15 is 0 Å². The van der Waals surface area contributed by atoms with Crippen LogP contribution in [0.5, 0.6) is 5.75 Å². The third-order valence-electron chi connectivity index (χ3n) is 5.69. The van der Waals surface area contributed by atoms with Gasteiger partial charge in [0.25, 0.3) is 5.56 Å². The Labute approximate surface area is 203 Å². The van der Waals surface area contributed by atoms with Gasteiger partial charge in [-0.1, -0.05) is 39.0 Å². The predicted molar refractivity (Wildman–Crippen MR) is 140 cm³/mol. The van der Waals surface area contributed by atoms with E-state index in [9.17, 15) is 18.0 Å². The zero-order valence-corrected chi connectivity index (χ0v) is 21.0. The minimum atomic E-state index is -3.37. The number of sulfonamides is 1. The Morgan fingerprint density at radius 2 is 1.57 bits per heavy atom. The number of anilines is 1. The van der Waals surface area contributed by atoms with Crippen LogP contribution in [-0.2, 0) is 15.4 Å². The van der Waals surface area contributed by atoms with Gasteiger partial charge in [-0.3, -0.25) is 14.5 Å². The van der Waals surface area contributed by atoms with Crippen molar-refractivity contribution in [1.29, 1.82) is 0 Å². The second-order valence-corrected chi connectivity index (χ2v) is 11.2. The molecule has 182 valence electrons. The Hall–Kier alpha value is -3.85. The summed E-state index contributed by atoms with van der Waals surface area (Å²) in [5.74, 6) is 0.566. The molecule has 1 aromatic heterocycles. The number of H-pyrrole nitrogens is 2. The van der Waals surface area contributed by atoms with Crippen LogP contribution in [0.1, 0.15) is 26.3 Å². The molecular formula is C26H27N3O5S. The minimum absolute atomic E-state index is 0.297. The van der Waals surface area contributed by atoms with Gasteiger partial charge in [-0.2, -0.15) is 0 Å². The van der Waals surface area contributed by atoms with E-state index in [4.69, 9.17) is 4.74 Å². The molecule has 0 aliphatic carbocycles. The standard InChI is InChI=1S/C26H27N3O5S/c1-26(2,3)22-13-18(12-20(23(22)34-4)21-14-27-25(31)28-24(21)30)16-6-7-17-11-19(29-35(5,32)33)9-8-15(17)10-16/h6-14,29H,1-5H3,(H2,27,28,30,31). The highest BCUT2D eigenvalue weighted by atomic mass is 32.2. The summed E-state index contributed by atoms with van der Waals surface area (Å²) in [5.41, 5.74) is 2.67. The molecule has 35 heavy (non-hydrogen) atoms. The van der Waals surface area contributed by atoms with Gasteiger partial charge in [0.2, 0.25) is 10.0 Å². The van der Waals surface area contributed by atoms with Crippen molar-refractivity contribution in [2.45, 2.75) is 26.2 Å². The predicted octanol–water partition coefficient (Wildman–Crippen LogP) is 4.23. The molecule has 0 radical (unpaired) electrons. The van der Waals surface area contributed by atoms with Crippen LogP contribution in [0.15, 0.2) is 64.3 Å². The van der Waals surface area contributed by atoms with E-state index in [2.05, 4.69) is 35.5 Å². The molecule has 0 fully saturated rings. The number of aromatic amines is 2. The van der Waals surface area contributed by atoms with Crippen LogP contribution in [-0.4, -0.2) is 31.8 Å². The van der Waals surface area contributed by atoms with Gasteiger partial charge in [0.15, 0.2) is 0 Å². The first-order chi connectivity index (χ1) is 16.4. The number of nitrogens with one attached hydrogen (secondary N) is 3. The fourth-order valence-electron chi connectivity index (χ4n) is 4.09. The van der Waals surface area contributed by atoms with Gasteiger partial charge in [0, 0.05) is 23.0 Å². The number of fused-ring (bicyclic) bond motifs is 1. The molecule has 0 amide bonds. The molecule has 0 spiro atoms. The first kappa shape index (κ1) is 24.3. The lowest BCUT2D eigenvalue weighted by molar-refractivity contribution is 0.399. The number of methoxy groups -OCH3 is 1. The molecule has 0 saturated carbocycles. The summed E-state index contributed by atoms with van der Waals surface area (Å²) in [5, 5.41) is 1.81. The van der Waals surface area contributed by atoms with Crippen LogP contribution in [0.25, 0.3) is 33.0 Å². The Kier molecular flexibility index (Phi) is 6.06. The lowest BCUT2D eigenvalue weighted by atomic mass is 9.82. The molecule has 0 aliphatic heterocycles. The fraction of sp³-hybridized carbons (Fsp3) is 0.231. The van der Waals surface area contributed by atoms with Crippen LogP contribution in [0.2, 0.25) is 0 Å².